The highest BCUT2D eigenvalue weighted by atomic mass is 35.5. The molecule has 0 saturated heterocycles. The van der Waals surface area contributed by atoms with Gasteiger partial charge in [-0.2, -0.15) is 0 Å². The number of nitrogens with zero attached hydrogens (tertiary/aromatic N) is 1. The van der Waals surface area contributed by atoms with Crippen molar-refractivity contribution in [3.05, 3.63) is 35.7 Å². The zero-order valence-corrected chi connectivity index (χ0v) is 13.6. The molecule has 120 valence electrons. The van der Waals surface area contributed by atoms with Gasteiger partial charge >= 0.3 is 11.9 Å². The van der Waals surface area contributed by atoms with Crippen molar-refractivity contribution in [3.8, 4) is 0 Å². The van der Waals surface area contributed by atoms with Crippen molar-refractivity contribution < 1.29 is 23.8 Å². The second-order valence-electron chi connectivity index (χ2n) is 4.61. The number of hydrogen-bond acceptors (Lipinski definition) is 6. The largest absolute Gasteiger partial charge is 0.466 e. The summed E-state index contributed by atoms with van der Waals surface area (Å²) in [6, 6.07) is 0. The van der Waals surface area contributed by atoms with E-state index in [-0.39, 0.29) is 23.0 Å². The summed E-state index contributed by atoms with van der Waals surface area (Å²) in [5.41, 5.74) is -1.40. The highest BCUT2D eigenvalue weighted by Gasteiger charge is 2.50. The number of fused-ring (bicyclic) bond motifs is 1. The van der Waals surface area contributed by atoms with E-state index >= 15 is 0 Å². The van der Waals surface area contributed by atoms with Crippen LogP contribution in [0.25, 0.3) is 0 Å². The van der Waals surface area contributed by atoms with Crippen LogP contribution in [0.5, 0.6) is 0 Å². The second kappa shape index (κ2) is 6.73. The minimum Gasteiger partial charge on any atom is -0.466 e. The van der Waals surface area contributed by atoms with Gasteiger partial charge in [-0.25, -0.2) is 9.59 Å². The third kappa shape index (κ3) is 2.62. The molecule has 8 heteroatoms. The molecule has 0 aromatic heterocycles. The number of alkyl halides is 2. The lowest BCUT2D eigenvalue weighted by Gasteiger charge is -2.45. The molecule has 22 heavy (non-hydrogen) atoms. The Morgan fingerprint density at radius 1 is 1.23 bits per heavy atom. The first-order chi connectivity index (χ1) is 10.5. The normalized spacial score (nSPS) is 22.4. The van der Waals surface area contributed by atoms with E-state index in [1.54, 1.807) is 24.4 Å². The van der Waals surface area contributed by atoms with Gasteiger partial charge in [0, 0.05) is 6.20 Å². The third-order valence-electron chi connectivity index (χ3n) is 3.40. The second-order valence-corrected chi connectivity index (χ2v) is 5.14. The number of methoxy groups -OCH3 is 2. The third-order valence-corrected chi connectivity index (χ3v) is 4.27. The predicted molar refractivity (Wildman–Crippen MR) is 80.2 cm³/mol. The zero-order valence-electron chi connectivity index (χ0n) is 12.0. The highest BCUT2D eigenvalue weighted by Crippen LogP contribution is 2.39. The molecule has 0 fully saturated rings. The minimum atomic E-state index is -1.35. The van der Waals surface area contributed by atoms with Gasteiger partial charge < -0.3 is 19.1 Å². The molecule has 2 rings (SSSR count). The van der Waals surface area contributed by atoms with Crippen LogP contribution >= 0.6 is 23.2 Å². The summed E-state index contributed by atoms with van der Waals surface area (Å²) in [5, 5.41) is 0. The van der Waals surface area contributed by atoms with Gasteiger partial charge in [-0.3, -0.25) is 0 Å². The molecule has 0 bridgehead atoms. The Hall–Kier alpha value is -1.50. The molecule has 0 aromatic carbocycles. The van der Waals surface area contributed by atoms with E-state index in [1.807, 2.05) is 0 Å². The molecular formula is C14H15Cl2NO5. The SMILES string of the molecule is COC(=O)C1=C(C(=O)OC)C(CCl)(CCl)OC2C=CC=CN12. The molecule has 0 aromatic rings. The predicted octanol–water partition coefficient (Wildman–Crippen LogP) is 1.54. The van der Waals surface area contributed by atoms with Gasteiger partial charge in [0.05, 0.1) is 26.0 Å². The van der Waals surface area contributed by atoms with Gasteiger partial charge in [0.1, 0.15) is 16.9 Å². The van der Waals surface area contributed by atoms with Crippen LogP contribution in [0.15, 0.2) is 35.7 Å². The quantitative estimate of drug-likeness (QED) is 0.567. The van der Waals surface area contributed by atoms with E-state index in [2.05, 4.69) is 0 Å². The fourth-order valence-electron chi connectivity index (χ4n) is 2.33. The van der Waals surface area contributed by atoms with Gasteiger partial charge in [-0.05, 0) is 12.2 Å². The van der Waals surface area contributed by atoms with Crippen molar-refractivity contribution >= 4 is 35.1 Å². The Morgan fingerprint density at radius 2 is 1.86 bits per heavy atom. The van der Waals surface area contributed by atoms with Crippen LogP contribution in [0, 0.1) is 0 Å². The van der Waals surface area contributed by atoms with Crippen molar-refractivity contribution in [1.82, 2.24) is 4.90 Å². The first-order valence-corrected chi connectivity index (χ1v) is 7.46. The van der Waals surface area contributed by atoms with Crippen LogP contribution in [0.1, 0.15) is 0 Å². The van der Waals surface area contributed by atoms with Crippen molar-refractivity contribution in [2.45, 2.75) is 11.8 Å². The molecule has 6 nitrogen and oxygen atoms in total. The molecule has 1 atom stereocenters. The van der Waals surface area contributed by atoms with Crippen LogP contribution in [-0.4, -0.2) is 54.6 Å². The average Bonchev–Trinajstić information content (AvgIpc) is 2.58. The van der Waals surface area contributed by atoms with Crippen LogP contribution in [0.2, 0.25) is 0 Å². The fraction of sp³-hybridized carbons (Fsp3) is 0.429. The molecule has 0 amide bonds. The smallest absolute Gasteiger partial charge is 0.355 e. The summed E-state index contributed by atoms with van der Waals surface area (Å²) in [6.07, 6.45) is 6.15. The number of carbonyl (C=O) groups excluding carboxylic acids is 2. The summed E-state index contributed by atoms with van der Waals surface area (Å²) in [5.74, 6) is -1.69. The Bertz CT molecular complexity index is 566. The summed E-state index contributed by atoms with van der Waals surface area (Å²) >= 11 is 12.0. The number of rotatable bonds is 4. The van der Waals surface area contributed by atoms with Crippen LogP contribution in [0.3, 0.4) is 0 Å². The number of halogens is 2. The van der Waals surface area contributed by atoms with E-state index in [0.717, 1.165) is 0 Å². The zero-order chi connectivity index (χ0) is 16.3. The van der Waals surface area contributed by atoms with E-state index in [0.29, 0.717) is 0 Å². The van der Waals surface area contributed by atoms with E-state index in [9.17, 15) is 9.59 Å². The number of ether oxygens (including phenoxy) is 3. The molecule has 0 spiro atoms. The number of carbonyl (C=O) groups is 2. The number of allylic oxidation sites excluding steroid dienone is 2. The summed E-state index contributed by atoms with van der Waals surface area (Å²) in [4.78, 5) is 26.0. The monoisotopic (exact) mass is 347 g/mol. The lowest BCUT2D eigenvalue weighted by Crippen LogP contribution is -2.55. The van der Waals surface area contributed by atoms with Crippen molar-refractivity contribution in [2.75, 3.05) is 26.0 Å². The lowest BCUT2D eigenvalue weighted by atomic mass is 9.92. The Morgan fingerprint density at radius 3 is 2.41 bits per heavy atom. The first kappa shape index (κ1) is 16.9. The molecule has 0 radical (unpaired) electrons. The molecule has 1 unspecified atom stereocenters. The van der Waals surface area contributed by atoms with Crippen molar-refractivity contribution in [1.29, 1.82) is 0 Å². The first-order valence-electron chi connectivity index (χ1n) is 6.39. The Kier molecular flexibility index (Phi) is 5.16. The van der Waals surface area contributed by atoms with E-state index in [1.165, 1.54) is 19.1 Å². The van der Waals surface area contributed by atoms with Gasteiger partial charge in [-0.15, -0.1) is 23.2 Å². The molecule has 2 aliphatic rings. The van der Waals surface area contributed by atoms with Crippen molar-refractivity contribution in [3.63, 3.8) is 0 Å². The molecule has 0 saturated carbocycles. The molecule has 2 heterocycles. The maximum absolute atomic E-state index is 12.3. The number of hydrogen-bond donors (Lipinski definition) is 0. The number of esters is 2. The maximum Gasteiger partial charge on any atom is 0.355 e. The van der Waals surface area contributed by atoms with E-state index in [4.69, 9.17) is 37.4 Å². The van der Waals surface area contributed by atoms with E-state index < -0.39 is 23.8 Å². The topological polar surface area (TPSA) is 65.1 Å². The maximum atomic E-state index is 12.3. The minimum absolute atomic E-state index is 0.00694. The van der Waals surface area contributed by atoms with Gasteiger partial charge in [-0.1, -0.05) is 6.08 Å². The van der Waals surface area contributed by atoms with Crippen molar-refractivity contribution in [2.24, 2.45) is 0 Å². The fourth-order valence-corrected chi connectivity index (χ4v) is 3.01. The average molecular weight is 348 g/mol. The van der Waals surface area contributed by atoms with Crippen LogP contribution in [0.4, 0.5) is 0 Å². The molecule has 2 aliphatic heterocycles. The standard InChI is InChI=1S/C14H15Cl2NO5/c1-20-12(18)10-11(13(19)21-2)17-6-4-3-5-9(17)22-14(10,7-15)8-16/h3-6,9H,7-8H2,1-2H3. The summed E-state index contributed by atoms with van der Waals surface area (Å²) in [6.45, 7) is 0. The Labute approximate surface area is 137 Å². The Balaban J connectivity index is 2.72. The van der Waals surface area contributed by atoms with Gasteiger partial charge in [0.2, 0.25) is 0 Å². The molecule has 0 N–H and O–H groups in total. The highest BCUT2D eigenvalue weighted by molar-refractivity contribution is 6.23. The van der Waals surface area contributed by atoms with Crippen LogP contribution < -0.4 is 0 Å². The summed E-state index contributed by atoms with van der Waals surface area (Å²) in [7, 11) is 2.43. The summed E-state index contributed by atoms with van der Waals surface area (Å²) < 4.78 is 15.5. The van der Waals surface area contributed by atoms with Gasteiger partial charge in [0.25, 0.3) is 0 Å². The van der Waals surface area contributed by atoms with Gasteiger partial charge in [0.15, 0.2) is 6.23 Å². The molecule has 0 aliphatic carbocycles. The lowest BCUT2D eigenvalue weighted by molar-refractivity contribution is -0.153. The van der Waals surface area contributed by atoms with Crippen LogP contribution in [-0.2, 0) is 23.8 Å². The molecular weight excluding hydrogens is 333 g/mol.